The van der Waals surface area contributed by atoms with Crippen molar-refractivity contribution >= 4 is 15.9 Å². The molecule has 56 valence electrons. The van der Waals surface area contributed by atoms with Gasteiger partial charge in [0.2, 0.25) is 0 Å². The van der Waals surface area contributed by atoms with Crippen molar-refractivity contribution in [2.75, 3.05) is 5.33 Å². The maximum atomic E-state index is 4.90. The molecule has 0 bridgehead atoms. The van der Waals surface area contributed by atoms with E-state index in [9.17, 15) is 0 Å². The minimum absolute atomic E-state index is 0.893. The van der Waals surface area contributed by atoms with Crippen LogP contribution in [0.15, 0.2) is 10.6 Å². The Morgan fingerprint density at radius 1 is 1.70 bits per heavy atom. The molecule has 0 amide bonds. The number of hydrogen-bond acceptors (Lipinski definition) is 2. The quantitative estimate of drug-likeness (QED) is 0.706. The van der Waals surface area contributed by atoms with Gasteiger partial charge in [-0.1, -0.05) is 21.1 Å². The first-order chi connectivity index (χ1) is 4.83. The van der Waals surface area contributed by atoms with E-state index in [1.165, 1.54) is 0 Å². The van der Waals surface area contributed by atoms with Gasteiger partial charge in [0.1, 0.15) is 5.76 Å². The summed E-state index contributed by atoms with van der Waals surface area (Å²) in [6.45, 7) is 1.91. The molecule has 0 saturated carbocycles. The second kappa shape index (κ2) is 3.76. The summed E-state index contributed by atoms with van der Waals surface area (Å²) in [5.41, 5.74) is 1.05. The highest BCUT2D eigenvalue weighted by Gasteiger charge is 1.97. The Bertz CT molecular complexity index is 197. The van der Waals surface area contributed by atoms with Crippen molar-refractivity contribution in [1.29, 1.82) is 0 Å². The lowest BCUT2D eigenvalue weighted by Gasteiger charge is -1.87. The van der Waals surface area contributed by atoms with Crippen LogP contribution in [0.4, 0.5) is 0 Å². The fourth-order valence-corrected chi connectivity index (χ4v) is 1.06. The molecule has 1 aromatic rings. The molecule has 0 aliphatic carbocycles. The molecule has 0 saturated heterocycles. The number of halogens is 1. The van der Waals surface area contributed by atoms with Crippen LogP contribution in [-0.4, -0.2) is 10.5 Å². The Morgan fingerprint density at radius 2 is 2.50 bits per heavy atom. The Hall–Kier alpha value is -0.310. The highest BCUT2D eigenvalue weighted by Crippen LogP contribution is 2.04. The predicted octanol–water partition coefficient (Wildman–Crippen LogP) is 2.31. The molecule has 1 aromatic heterocycles. The number of aryl methyl sites for hydroxylation is 2. The third-order valence-electron chi connectivity index (χ3n) is 1.24. The van der Waals surface area contributed by atoms with Crippen molar-refractivity contribution in [3.8, 4) is 0 Å². The van der Waals surface area contributed by atoms with Crippen LogP contribution in [0.25, 0.3) is 0 Å². The summed E-state index contributed by atoms with van der Waals surface area (Å²) in [6.07, 6.45) is 2.12. The Morgan fingerprint density at radius 3 is 3.00 bits per heavy atom. The zero-order valence-corrected chi connectivity index (χ0v) is 7.52. The Labute approximate surface area is 68.7 Å². The van der Waals surface area contributed by atoms with Gasteiger partial charge >= 0.3 is 0 Å². The molecule has 1 rings (SSSR count). The minimum Gasteiger partial charge on any atom is -0.361 e. The van der Waals surface area contributed by atoms with Gasteiger partial charge in [0.25, 0.3) is 0 Å². The molecule has 0 unspecified atom stereocenters. The molecule has 0 aliphatic rings. The first kappa shape index (κ1) is 7.79. The summed E-state index contributed by atoms with van der Waals surface area (Å²) in [4.78, 5) is 0. The summed E-state index contributed by atoms with van der Waals surface area (Å²) >= 11 is 3.36. The zero-order valence-electron chi connectivity index (χ0n) is 5.93. The van der Waals surface area contributed by atoms with Gasteiger partial charge in [-0.25, -0.2) is 0 Å². The van der Waals surface area contributed by atoms with Crippen molar-refractivity contribution in [3.63, 3.8) is 0 Å². The van der Waals surface area contributed by atoms with E-state index in [2.05, 4.69) is 21.1 Å². The molecule has 1 heterocycles. The van der Waals surface area contributed by atoms with E-state index in [0.717, 1.165) is 29.6 Å². The number of aromatic nitrogens is 1. The van der Waals surface area contributed by atoms with Crippen molar-refractivity contribution < 1.29 is 4.52 Å². The van der Waals surface area contributed by atoms with Crippen LogP contribution in [0.5, 0.6) is 0 Å². The SMILES string of the molecule is Cc1cc(CCCBr)no1. The molecule has 0 N–H and O–H groups in total. The molecule has 2 nitrogen and oxygen atoms in total. The summed E-state index contributed by atoms with van der Waals surface area (Å²) in [5.74, 6) is 0.893. The van der Waals surface area contributed by atoms with Gasteiger partial charge in [-0.3, -0.25) is 0 Å². The first-order valence-corrected chi connectivity index (χ1v) is 4.43. The largest absolute Gasteiger partial charge is 0.361 e. The number of hydrogen-bond donors (Lipinski definition) is 0. The first-order valence-electron chi connectivity index (χ1n) is 3.31. The third-order valence-corrected chi connectivity index (χ3v) is 1.80. The number of nitrogens with zero attached hydrogens (tertiary/aromatic N) is 1. The van der Waals surface area contributed by atoms with Crippen LogP contribution < -0.4 is 0 Å². The van der Waals surface area contributed by atoms with Crippen molar-refractivity contribution in [1.82, 2.24) is 5.16 Å². The summed E-state index contributed by atoms with van der Waals surface area (Å²) in [5, 5.41) is 4.88. The van der Waals surface area contributed by atoms with E-state index in [1.54, 1.807) is 0 Å². The van der Waals surface area contributed by atoms with Crippen LogP contribution in [0.1, 0.15) is 17.9 Å². The van der Waals surface area contributed by atoms with Gasteiger partial charge in [0.15, 0.2) is 0 Å². The second-order valence-corrected chi connectivity index (χ2v) is 3.01. The normalized spacial score (nSPS) is 10.2. The Balaban J connectivity index is 2.42. The van der Waals surface area contributed by atoms with Crippen LogP contribution in [-0.2, 0) is 6.42 Å². The topological polar surface area (TPSA) is 26.0 Å². The van der Waals surface area contributed by atoms with Gasteiger partial charge in [-0.05, 0) is 19.8 Å². The van der Waals surface area contributed by atoms with Gasteiger partial charge in [0.05, 0.1) is 5.69 Å². The number of rotatable bonds is 3. The Kier molecular flexibility index (Phi) is 2.93. The van der Waals surface area contributed by atoms with Crippen LogP contribution in [0.2, 0.25) is 0 Å². The number of alkyl halides is 1. The third kappa shape index (κ3) is 2.14. The predicted molar refractivity (Wildman–Crippen MR) is 43.4 cm³/mol. The van der Waals surface area contributed by atoms with Gasteiger partial charge in [-0.2, -0.15) is 0 Å². The molecule has 0 radical (unpaired) electrons. The summed E-state index contributed by atoms with van der Waals surface area (Å²) < 4.78 is 4.90. The molecule has 3 heteroatoms. The van der Waals surface area contributed by atoms with Gasteiger partial charge in [-0.15, -0.1) is 0 Å². The van der Waals surface area contributed by atoms with Crippen molar-refractivity contribution in [2.24, 2.45) is 0 Å². The molecule has 0 aromatic carbocycles. The lowest BCUT2D eigenvalue weighted by Crippen LogP contribution is -1.84. The van der Waals surface area contributed by atoms with Crippen molar-refractivity contribution in [2.45, 2.75) is 19.8 Å². The average Bonchev–Trinajstić information content (AvgIpc) is 2.31. The summed E-state index contributed by atoms with van der Waals surface area (Å²) in [7, 11) is 0. The molecule has 0 fully saturated rings. The van der Waals surface area contributed by atoms with E-state index in [1.807, 2.05) is 13.0 Å². The highest BCUT2D eigenvalue weighted by molar-refractivity contribution is 9.09. The average molecular weight is 204 g/mol. The van der Waals surface area contributed by atoms with E-state index in [-0.39, 0.29) is 0 Å². The lowest BCUT2D eigenvalue weighted by atomic mass is 10.2. The maximum absolute atomic E-state index is 4.90. The second-order valence-electron chi connectivity index (χ2n) is 2.22. The van der Waals surface area contributed by atoms with Crippen molar-refractivity contribution in [3.05, 3.63) is 17.5 Å². The van der Waals surface area contributed by atoms with Crippen LogP contribution in [0, 0.1) is 6.92 Å². The van der Waals surface area contributed by atoms with E-state index < -0.39 is 0 Å². The highest BCUT2D eigenvalue weighted by atomic mass is 79.9. The monoisotopic (exact) mass is 203 g/mol. The van der Waals surface area contributed by atoms with Gasteiger partial charge < -0.3 is 4.52 Å². The molecule has 0 spiro atoms. The molecule has 10 heavy (non-hydrogen) atoms. The zero-order chi connectivity index (χ0) is 7.40. The van der Waals surface area contributed by atoms with Gasteiger partial charge in [0, 0.05) is 11.4 Å². The van der Waals surface area contributed by atoms with Crippen LogP contribution in [0.3, 0.4) is 0 Å². The standard InChI is InChI=1S/C7H10BrNO/c1-6-5-7(9-10-6)3-2-4-8/h5H,2-4H2,1H3. The maximum Gasteiger partial charge on any atom is 0.133 e. The molecular weight excluding hydrogens is 194 g/mol. The molecular formula is C7H10BrNO. The van der Waals surface area contributed by atoms with E-state index in [4.69, 9.17) is 4.52 Å². The lowest BCUT2D eigenvalue weighted by molar-refractivity contribution is 0.390. The van der Waals surface area contributed by atoms with Crippen LogP contribution >= 0.6 is 15.9 Å². The fourth-order valence-electron chi connectivity index (χ4n) is 0.784. The van der Waals surface area contributed by atoms with E-state index in [0.29, 0.717) is 0 Å². The smallest absolute Gasteiger partial charge is 0.133 e. The molecule has 0 aliphatic heterocycles. The molecule has 0 atom stereocenters. The van der Waals surface area contributed by atoms with E-state index >= 15 is 0 Å². The summed E-state index contributed by atoms with van der Waals surface area (Å²) in [6, 6.07) is 1.97. The minimum atomic E-state index is 0.893. The fraction of sp³-hybridized carbons (Fsp3) is 0.571.